The van der Waals surface area contributed by atoms with Crippen molar-refractivity contribution in [1.82, 2.24) is 15.5 Å². The Balaban J connectivity index is 1.67. The Hall–Kier alpha value is -0.810. The Morgan fingerprint density at radius 2 is 2.10 bits per heavy atom. The summed E-state index contributed by atoms with van der Waals surface area (Å²) >= 11 is 0. The highest BCUT2D eigenvalue weighted by molar-refractivity contribution is 5.68. The fourth-order valence-electron chi connectivity index (χ4n) is 3.21. The summed E-state index contributed by atoms with van der Waals surface area (Å²) in [4.78, 5) is 14.3. The Bertz CT molecular complexity index is 341. The molecule has 3 unspecified atom stereocenters. The molecule has 2 N–H and O–H groups in total. The van der Waals surface area contributed by atoms with Crippen molar-refractivity contribution >= 4 is 6.09 Å². The molecule has 1 amide bonds. The minimum Gasteiger partial charge on any atom is -0.444 e. The highest BCUT2D eigenvalue weighted by Gasteiger charge is 2.36. The second kappa shape index (κ2) is 6.31. The molecule has 5 heteroatoms. The highest BCUT2D eigenvalue weighted by Crippen LogP contribution is 2.27. The van der Waals surface area contributed by atoms with E-state index in [9.17, 15) is 4.79 Å². The predicted molar refractivity (Wildman–Crippen MR) is 79.8 cm³/mol. The van der Waals surface area contributed by atoms with Crippen LogP contribution in [0.25, 0.3) is 0 Å². The van der Waals surface area contributed by atoms with Crippen LogP contribution in [0.5, 0.6) is 0 Å². The van der Waals surface area contributed by atoms with Crippen molar-refractivity contribution in [2.45, 2.75) is 70.7 Å². The molecule has 20 heavy (non-hydrogen) atoms. The van der Waals surface area contributed by atoms with E-state index in [1.165, 1.54) is 32.4 Å². The molecule has 0 bridgehead atoms. The number of nitrogens with zero attached hydrogens (tertiary/aromatic N) is 1. The molecule has 0 aromatic heterocycles. The fraction of sp³-hybridized carbons (Fsp3) is 0.933. The van der Waals surface area contributed by atoms with Gasteiger partial charge in [0.2, 0.25) is 0 Å². The monoisotopic (exact) mass is 283 g/mol. The van der Waals surface area contributed by atoms with E-state index in [1.807, 2.05) is 27.7 Å². The van der Waals surface area contributed by atoms with Gasteiger partial charge in [-0.05, 0) is 53.5 Å². The Morgan fingerprint density at radius 1 is 1.35 bits per heavy atom. The minimum absolute atomic E-state index is 0.0836. The molecule has 2 aliphatic heterocycles. The quantitative estimate of drug-likeness (QED) is 0.825. The lowest BCUT2D eigenvalue weighted by molar-refractivity contribution is 0.0507. The van der Waals surface area contributed by atoms with Gasteiger partial charge < -0.3 is 15.4 Å². The first kappa shape index (κ1) is 15.6. The molecule has 2 aliphatic rings. The summed E-state index contributed by atoms with van der Waals surface area (Å²) in [6.07, 6.45) is 3.53. The number of carbonyl (C=O) groups is 1. The van der Waals surface area contributed by atoms with Crippen molar-refractivity contribution in [3.05, 3.63) is 0 Å². The van der Waals surface area contributed by atoms with E-state index in [0.717, 1.165) is 6.54 Å². The molecular formula is C15H29N3O2. The fourth-order valence-corrected chi connectivity index (χ4v) is 3.21. The lowest BCUT2D eigenvalue weighted by atomic mass is 10.1. The lowest BCUT2D eigenvalue weighted by Gasteiger charge is -2.25. The van der Waals surface area contributed by atoms with Gasteiger partial charge in [0.15, 0.2) is 0 Å². The van der Waals surface area contributed by atoms with Gasteiger partial charge in [-0.15, -0.1) is 0 Å². The first-order chi connectivity index (χ1) is 9.35. The maximum absolute atomic E-state index is 11.7. The van der Waals surface area contributed by atoms with Crippen molar-refractivity contribution < 1.29 is 9.53 Å². The number of ether oxygens (including phenoxy) is 1. The van der Waals surface area contributed by atoms with Gasteiger partial charge in [-0.25, -0.2) is 4.79 Å². The number of rotatable bonds is 4. The lowest BCUT2D eigenvalue weighted by Crippen LogP contribution is -2.47. The molecule has 2 heterocycles. The number of hydrogen-bond acceptors (Lipinski definition) is 4. The molecule has 0 saturated carbocycles. The third-order valence-corrected chi connectivity index (χ3v) is 4.06. The van der Waals surface area contributed by atoms with Crippen LogP contribution in [0, 0.1) is 0 Å². The standard InChI is InChI=1S/C15H29N3O2/c1-11(17-14(19)20-15(2,3)4)10-16-12-7-9-18-8-5-6-13(12)18/h11-13,16H,5-10H2,1-4H3,(H,17,19). The van der Waals surface area contributed by atoms with E-state index >= 15 is 0 Å². The zero-order valence-electron chi connectivity index (χ0n) is 13.2. The molecule has 0 aromatic carbocycles. The normalized spacial score (nSPS) is 28.2. The molecule has 0 spiro atoms. The topological polar surface area (TPSA) is 53.6 Å². The number of fused-ring (bicyclic) bond motifs is 1. The van der Waals surface area contributed by atoms with Crippen molar-refractivity contribution in [1.29, 1.82) is 0 Å². The Labute approximate surface area is 122 Å². The zero-order valence-corrected chi connectivity index (χ0v) is 13.2. The van der Waals surface area contributed by atoms with E-state index in [-0.39, 0.29) is 12.1 Å². The van der Waals surface area contributed by atoms with Gasteiger partial charge in [-0.3, -0.25) is 4.90 Å². The number of carbonyl (C=O) groups excluding carboxylic acids is 1. The predicted octanol–water partition coefficient (Wildman–Crippen LogP) is 1.73. The largest absolute Gasteiger partial charge is 0.444 e. The maximum Gasteiger partial charge on any atom is 0.407 e. The average molecular weight is 283 g/mol. The molecule has 5 nitrogen and oxygen atoms in total. The van der Waals surface area contributed by atoms with E-state index in [4.69, 9.17) is 4.74 Å². The van der Waals surface area contributed by atoms with Gasteiger partial charge in [0.1, 0.15) is 5.60 Å². The van der Waals surface area contributed by atoms with E-state index in [1.54, 1.807) is 0 Å². The SMILES string of the molecule is CC(CNC1CCN2CCCC12)NC(=O)OC(C)(C)C. The molecular weight excluding hydrogens is 254 g/mol. The van der Waals surface area contributed by atoms with Gasteiger partial charge in [-0.2, -0.15) is 0 Å². The molecule has 0 aliphatic carbocycles. The Kier molecular flexibility index (Phi) is 4.91. The van der Waals surface area contributed by atoms with Crippen molar-refractivity contribution in [3.63, 3.8) is 0 Å². The smallest absolute Gasteiger partial charge is 0.407 e. The Morgan fingerprint density at radius 3 is 2.80 bits per heavy atom. The van der Waals surface area contributed by atoms with Crippen LogP contribution >= 0.6 is 0 Å². The summed E-state index contributed by atoms with van der Waals surface area (Å²) in [6, 6.07) is 1.38. The van der Waals surface area contributed by atoms with Crippen LogP contribution in [0.3, 0.4) is 0 Å². The molecule has 2 saturated heterocycles. The summed E-state index contributed by atoms with van der Waals surface area (Å²) in [5.74, 6) is 0. The van der Waals surface area contributed by atoms with Crippen LogP contribution in [0.2, 0.25) is 0 Å². The second-order valence-electron chi connectivity index (χ2n) is 7.10. The van der Waals surface area contributed by atoms with Crippen LogP contribution in [0.4, 0.5) is 4.79 Å². The number of nitrogens with one attached hydrogen (secondary N) is 2. The summed E-state index contributed by atoms with van der Waals surface area (Å²) < 4.78 is 5.26. The number of alkyl carbamates (subject to hydrolysis) is 1. The van der Waals surface area contributed by atoms with Gasteiger partial charge >= 0.3 is 6.09 Å². The number of hydrogen-bond donors (Lipinski definition) is 2. The van der Waals surface area contributed by atoms with Gasteiger partial charge in [-0.1, -0.05) is 0 Å². The van der Waals surface area contributed by atoms with Crippen molar-refractivity contribution in [2.24, 2.45) is 0 Å². The first-order valence-corrected chi connectivity index (χ1v) is 7.82. The minimum atomic E-state index is -0.437. The molecule has 0 aromatic rings. The van der Waals surface area contributed by atoms with E-state index in [0.29, 0.717) is 12.1 Å². The summed E-state index contributed by atoms with van der Waals surface area (Å²) in [5.41, 5.74) is -0.437. The number of amides is 1. The van der Waals surface area contributed by atoms with Crippen LogP contribution in [-0.4, -0.2) is 54.4 Å². The molecule has 3 atom stereocenters. The average Bonchev–Trinajstić information content (AvgIpc) is 2.85. The summed E-state index contributed by atoms with van der Waals surface area (Å²) in [7, 11) is 0. The third-order valence-electron chi connectivity index (χ3n) is 4.06. The molecule has 2 rings (SSSR count). The van der Waals surface area contributed by atoms with Crippen molar-refractivity contribution in [3.8, 4) is 0 Å². The van der Waals surface area contributed by atoms with Crippen LogP contribution in [-0.2, 0) is 4.74 Å². The first-order valence-electron chi connectivity index (χ1n) is 7.82. The summed E-state index contributed by atoms with van der Waals surface area (Å²) in [5, 5.41) is 6.49. The third kappa shape index (κ3) is 4.35. The van der Waals surface area contributed by atoms with E-state index < -0.39 is 5.60 Å². The maximum atomic E-state index is 11.7. The van der Waals surface area contributed by atoms with Gasteiger partial charge in [0, 0.05) is 31.2 Å². The van der Waals surface area contributed by atoms with E-state index in [2.05, 4.69) is 15.5 Å². The second-order valence-corrected chi connectivity index (χ2v) is 7.10. The van der Waals surface area contributed by atoms with Gasteiger partial charge in [0.05, 0.1) is 0 Å². The molecule has 0 radical (unpaired) electrons. The highest BCUT2D eigenvalue weighted by atomic mass is 16.6. The van der Waals surface area contributed by atoms with Crippen LogP contribution in [0.1, 0.15) is 47.0 Å². The van der Waals surface area contributed by atoms with Gasteiger partial charge in [0.25, 0.3) is 0 Å². The van der Waals surface area contributed by atoms with Crippen LogP contribution < -0.4 is 10.6 Å². The molecule has 2 fully saturated rings. The molecule has 116 valence electrons. The van der Waals surface area contributed by atoms with Crippen LogP contribution in [0.15, 0.2) is 0 Å². The zero-order chi connectivity index (χ0) is 14.8. The summed E-state index contributed by atoms with van der Waals surface area (Å²) in [6.45, 7) is 10.9. The van der Waals surface area contributed by atoms with Crippen molar-refractivity contribution in [2.75, 3.05) is 19.6 Å².